The van der Waals surface area contributed by atoms with E-state index in [1.165, 1.54) is 12.5 Å². The highest BCUT2D eigenvalue weighted by Gasteiger charge is 2.09. The minimum Gasteiger partial charge on any atom is -0.479 e. The molecule has 2 N–H and O–H groups in total. The third-order valence-electron chi connectivity index (χ3n) is 2.17. The zero-order valence-electron chi connectivity index (χ0n) is 9.35. The zero-order valence-corrected chi connectivity index (χ0v) is 9.35. The van der Waals surface area contributed by atoms with Gasteiger partial charge in [-0.1, -0.05) is 30.3 Å². The topological polar surface area (TPSA) is 58.6 Å². The fraction of sp³-hybridized carbons (Fsp3) is 0.417. The van der Waals surface area contributed by atoms with E-state index in [0.29, 0.717) is 13.2 Å². The van der Waals surface area contributed by atoms with Crippen LogP contribution in [0.15, 0.2) is 30.3 Å². The Labute approximate surface area is 95.2 Å². The zero-order chi connectivity index (χ0) is 11.8. The average Bonchev–Trinajstić information content (AvgIpc) is 2.29. The molecule has 0 saturated carbocycles. The molecule has 4 nitrogen and oxygen atoms in total. The lowest BCUT2D eigenvalue weighted by atomic mass is 10.2. The summed E-state index contributed by atoms with van der Waals surface area (Å²) in [5.41, 5.74) is 1.20. The minimum atomic E-state index is -0.928. The molecule has 0 bridgehead atoms. The van der Waals surface area contributed by atoms with Gasteiger partial charge in [-0.2, -0.15) is 0 Å². The molecule has 0 fully saturated rings. The van der Waals surface area contributed by atoms with Crippen LogP contribution in [0.5, 0.6) is 0 Å². The van der Waals surface area contributed by atoms with Gasteiger partial charge in [0.2, 0.25) is 0 Å². The number of carbonyl (C=O) groups is 1. The lowest BCUT2D eigenvalue weighted by Crippen LogP contribution is -2.25. The standard InChI is InChI=1S/C12H17NO3/c1-10(12(14)15)16-8-7-13-9-11-5-3-2-4-6-11/h2-6,10,13H,7-9H2,1H3,(H,14,15). The summed E-state index contributed by atoms with van der Waals surface area (Å²) in [5, 5.41) is 11.7. The van der Waals surface area contributed by atoms with Crippen LogP contribution in [-0.4, -0.2) is 30.3 Å². The maximum atomic E-state index is 10.4. The van der Waals surface area contributed by atoms with Crippen LogP contribution in [0, 0.1) is 0 Å². The third-order valence-corrected chi connectivity index (χ3v) is 2.17. The summed E-state index contributed by atoms with van der Waals surface area (Å²) in [6.45, 7) is 3.35. The summed E-state index contributed by atoms with van der Waals surface area (Å²) >= 11 is 0. The second-order valence-electron chi connectivity index (χ2n) is 3.51. The molecule has 0 aliphatic rings. The summed E-state index contributed by atoms with van der Waals surface area (Å²) in [6.07, 6.45) is -0.737. The van der Waals surface area contributed by atoms with Crippen molar-refractivity contribution in [2.24, 2.45) is 0 Å². The first-order valence-corrected chi connectivity index (χ1v) is 5.29. The highest BCUT2D eigenvalue weighted by molar-refractivity contribution is 5.71. The fourth-order valence-electron chi connectivity index (χ4n) is 1.21. The summed E-state index contributed by atoms with van der Waals surface area (Å²) in [7, 11) is 0. The quantitative estimate of drug-likeness (QED) is 0.683. The van der Waals surface area contributed by atoms with E-state index >= 15 is 0 Å². The lowest BCUT2D eigenvalue weighted by molar-refractivity contribution is -0.148. The Morgan fingerprint density at radius 3 is 2.75 bits per heavy atom. The van der Waals surface area contributed by atoms with E-state index in [0.717, 1.165) is 6.54 Å². The molecule has 1 aromatic rings. The van der Waals surface area contributed by atoms with Crippen LogP contribution in [-0.2, 0) is 16.1 Å². The molecule has 0 heterocycles. The van der Waals surface area contributed by atoms with E-state index in [1.54, 1.807) is 0 Å². The molecule has 0 amide bonds. The van der Waals surface area contributed by atoms with Gasteiger partial charge in [-0.25, -0.2) is 4.79 Å². The molecule has 0 aliphatic heterocycles. The van der Waals surface area contributed by atoms with Crippen LogP contribution in [0.4, 0.5) is 0 Å². The highest BCUT2D eigenvalue weighted by Crippen LogP contribution is 1.96. The maximum absolute atomic E-state index is 10.4. The predicted octanol–water partition coefficient (Wildman–Crippen LogP) is 1.27. The van der Waals surface area contributed by atoms with Crippen LogP contribution in [0.25, 0.3) is 0 Å². The number of nitrogens with one attached hydrogen (secondary N) is 1. The lowest BCUT2D eigenvalue weighted by Gasteiger charge is -2.09. The van der Waals surface area contributed by atoms with Crippen LogP contribution in [0.3, 0.4) is 0 Å². The molecule has 16 heavy (non-hydrogen) atoms. The summed E-state index contributed by atoms with van der Waals surface area (Å²) in [5.74, 6) is -0.928. The van der Waals surface area contributed by atoms with E-state index < -0.39 is 12.1 Å². The van der Waals surface area contributed by atoms with Crippen LogP contribution in [0.1, 0.15) is 12.5 Å². The van der Waals surface area contributed by atoms with Crippen molar-refractivity contribution in [1.29, 1.82) is 0 Å². The van der Waals surface area contributed by atoms with Gasteiger partial charge in [-0.3, -0.25) is 0 Å². The fourth-order valence-corrected chi connectivity index (χ4v) is 1.21. The van der Waals surface area contributed by atoms with Gasteiger partial charge in [0.1, 0.15) is 0 Å². The first-order chi connectivity index (χ1) is 7.70. The van der Waals surface area contributed by atoms with Crippen molar-refractivity contribution in [3.8, 4) is 0 Å². The number of hydrogen-bond acceptors (Lipinski definition) is 3. The monoisotopic (exact) mass is 223 g/mol. The van der Waals surface area contributed by atoms with Gasteiger partial charge in [-0.05, 0) is 12.5 Å². The Kier molecular flexibility index (Phi) is 5.53. The summed E-state index contributed by atoms with van der Waals surface area (Å²) in [6, 6.07) is 10.0. The van der Waals surface area contributed by atoms with Gasteiger partial charge >= 0.3 is 5.97 Å². The van der Waals surface area contributed by atoms with Gasteiger partial charge in [0.05, 0.1) is 6.61 Å². The molecule has 0 radical (unpaired) electrons. The van der Waals surface area contributed by atoms with Gasteiger partial charge < -0.3 is 15.2 Å². The Balaban J connectivity index is 2.07. The van der Waals surface area contributed by atoms with Crippen molar-refractivity contribution in [3.05, 3.63) is 35.9 Å². The number of aliphatic carboxylic acids is 1. The maximum Gasteiger partial charge on any atom is 0.332 e. The summed E-state index contributed by atoms with van der Waals surface area (Å²) < 4.78 is 5.08. The number of rotatable bonds is 7. The van der Waals surface area contributed by atoms with Crippen LogP contribution >= 0.6 is 0 Å². The number of ether oxygens (including phenoxy) is 1. The van der Waals surface area contributed by atoms with Crippen molar-refractivity contribution in [3.63, 3.8) is 0 Å². The van der Waals surface area contributed by atoms with E-state index in [9.17, 15) is 4.79 Å². The third kappa shape index (κ3) is 4.91. The molecule has 1 rings (SSSR count). The Hall–Kier alpha value is -1.39. The molecule has 0 spiro atoms. The summed E-state index contributed by atoms with van der Waals surface area (Å²) in [4.78, 5) is 10.4. The molecule has 0 aliphatic carbocycles. The molecule has 0 saturated heterocycles. The molecule has 1 atom stereocenters. The van der Waals surface area contributed by atoms with Crippen molar-refractivity contribution in [2.45, 2.75) is 19.6 Å². The smallest absolute Gasteiger partial charge is 0.332 e. The molecular formula is C12H17NO3. The molecule has 4 heteroatoms. The van der Waals surface area contributed by atoms with Crippen molar-refractivity contribution >= 4 is 5.97 Å². The first-order valence-electron chi connectivity index (χ1n) is 5.29. The molecule has 0 aromatic heterocycles. The number of carboxylic acids is 1. The van der Waals surface area contributed by atoms with Crippen LogP contribution in [0.2, 0.25) is 0 Å². The van der Waals surface area contributed by atoms with Crippen molar-refractivity contribution < 1.29 is 14.6 Å². The average molecular weight is 223 g/mol. The molecule has 88 valence electrons. The number of benzene rings is 1. The number of carboxylic acid groups (broad SMARTS) is 1. The van der Waals surface area contributed by atoms with Gasteiger partial charge in [0.25, 0.3) is 0 Å². The van der Waals surface area contributed by atoms with Gasteiger partial charge in [-0.15, -0.1) is 0 Å². The second-order valence-corrected chi connectivity index (χ2v) is 3.51. The highest BCUT2D eigenvalue weighted by atomic mass is 16.5. The predicted molar refractivity (Wildman–Crippen MR) is 61.2 cm³/mol. The van der Waals surface area contributed by atoms with E-state index in [4.69, 9.17) is 9.84 Å². The molecular weight excluding hydrogens is 206 g/mol. The SMILES string of the molecule is CC(OCCNCc1ccccc1)C(=O)O. The number of hydrogen-bond donors (Lipinski definition) is 2. The Morgan fingerprint density at radius 1 is 1.44 bits per heavy atom. The first kappa shape index (κ1) is 12.7. The molecule has 1 aromatic carbocycles. The minimum absolute atomic E-state index is 0.403. The van der Waals surface area contributed by atoms with Gasteiger partial charge in [0, 0.05) is 13.1 Å². The Bertz CT molecular complexity index is 313. The van der Waals surface area contributed by atoms with Crippen molar-refractivity contribution in [2.75, 3.05) is 13.2 Å². The van der Waals surface area contributed by atoms with E-state index in [1.807, 2.05) is 30.3 Å². The van der Waals surface area contributed by atoms with E-state index in [2.05, 4.69) is 5.32 Å². The molecule has 1 unspecified atom stereocenters. The largest absolute Gasteiger partial charge is 0.479 e. The second kappa shape index (κ2) is 6.98. The van der Waals surface area contributed by atoms with E-state index in [-0.39, 0.29) is 0 Å². The van der Waals surface area contributed by atoms with Crippen LogP contribution < -0.4 is 5.32 Å². The van der Waals surface area contributed by atoms with Gasteiger partial charge in [0.15, 0.2) is 6.10 Å². The normalized spacial score (nSPS) is 12.3. The Morgan fingerprint density at radius 2 is 2.12 bits per heavy atom. The van der Waals surface area contributed by atoms with Crippen molar-refractivity contribution in [1.82, 2.24) is 5.32 Å².